The average molecular weight is 487 g/mol. The maximum Gasteiger partial charge on any atom is 0.312 e. The first kappa shape index (κ1) is 25.8. The van der Waals surface area contributed by atoms with Crippen LogP contribution in [0.4, 0.5) is 0 Å². The summed E-state index contributed by atoms with van der Waals surface area (Å²) >= 11 is 0. The minimum absolute atomic E-state index is 0.0114. The summed E-state index contributed by atoms with van der Waals surface area (Å²) in [6.07, 6.45) is 9.19. The summed E-state index contributed by atoms with van der Waals surface area (Å²) < 4.78 is 5.49. The number of aliphatic hydroxyl groups excluding tert-OH is 2. The van der Waals surface area contributed by atoms with Gasteiger partial charge in [-0.1, -0.05) is 60.1 Å². The summed E-state index contributed by atoms with van der Waals surface area (Å²) in [5, 5.41) is 22.0. The van der Waals surface area contributed by atoms with Crippen molar-refractivity contribution in [1.29, 1.82) is 0 Å². The molecule has 0 aromatic heterocycles. The second-order valence-corrected chi connectivity index (χ2v) is 14.8. The number of methoxy groups -OCH3 is 1. The Hall–Kier alpha value is -0.870. The van der Waals surface area contributed by atoms with E-state index in [4.69, 9.17) is 4.74 Å². The summed E-state index contributed by atoms with van der Waals surface area (Å²) in [5.74, 6) is 2.21. The van der Waals surface area contributed by atoms with Crippen LogP contribution in [0.1, 0.15) is 99.8 Å². The monoisotopic (exact) mass is 486 g/mol. The second-order valence-electron chi connectivity index (χ2n) is 14.8. The third-order valence-corrected chi connectivity index (χ3v) is 13.5. The molecule has 4 nitrogen and oxygen atoms in total. The van der Waals surface area contributed by atoms with Crippen LogP contribution in [0.2, 0.25) is 0 Å². The van der Waals surface area contributed by atoms with E-state index in [2.05, 4.69) is 54.5 Å². The summed E-state index contributed by atoms with van der Waals surface area (Å²) in [6.45, 7) is 16.6. The fourth-order valence-electron chi connectivity index (χ4n) is 11.2. The molecule has 198 valence electrons. The lowest BCUT2D eigenvalue weighted by molar-refractivity contribution is -0.232. The topological polar surface area (TPSA) is 66.8 Å². The smallest absolute Gasteiger partial charge is 0.312 e. The van der Waals surface area contributed by atoms with E-state index in [-0.39, 0.29) is 39.0 Å². The molecule has 0 aromatic rings. The molecule has 4 heteroatoms. The van der Waals surface area contributed by atoms with Gasteiger partial charge in [0.25, 0.3) is 0 Å². The highest BCUT2D eigenvalue weighted by atomic mass is 16.5. The fourth-order valence-corrected chi connectivity index (χ4v) is 11.2. The Bertz CT molecular complexity index is 923. The fraction of sp³-hybridized carbons (Fsp3) is 0.903. The van der Waals surface area contributed by atoms with Gasteiger partial charge in [-0.2, -0.15) is 0 Å². The summed E-state index contributed by atoms with van der Waals surface area (Å²) in [4.78, 5) is 13.4. The Labute approximate surface area is 213 Å². The van der Waals surface area contributed by atoms with Crippen molar-refractivity contribution in [2.24, 2.45) is 56.7 Å². The van der Waals surface area contributed by atoms with Gasteiger partial charge in [-0.05, 0) is 103 Å². The lowest BCUT2D eigenvalue weighted by Gasteiger charge is -2.71. The standard InChI is InChI=1S/C31H50O4/c1-18-11-14-31(26(34)35-8)16-15-29(6)20(24(31)19(18)2)9-10-23-28(5)17-21(32)25(33)27(3,4)22(28)12-13-30(23,29)7/h9,18-19,21-25,32-33H,10-17H2,1-8H3/t18-,19+,21-,22?,23?,24?,25+,28+,29-,30-,31+/m1/s1. The molecule has 0 radical (unpaired) electrons. The normalized spacial score (nSPS) is 54.9. The van der Waals surface area contributed by atoms with Crippen molar-refractivity contribution < 1.29 is 19.7 Å². The van der Waals surface area contributed by atoms with Gasteiger partial charge in [-0.15, -0.1) is 0 Å². The van der Waals surface area contributed by atoms with Crippen molar-refractivity contribution in [3.05, 3.63) is 11.6 Å². The van der Waals surface area contributed by atoms with Gasteiger partial charge in [0, 0.05) is 0 Å². The van der Waals surface area contributed by atoms with Crippen molar-refractivity contribution in [2.75, 3.05) is 7.11 Å². The highest BCUT2D eigenvalue weighted by molar-refractivity contribution is 5.78. The molecule has 5 aliphatic carbocycles. The van der Waals surface area contributed by atoms with Crippen molar-refractivity contribution >= 4 is 5.97 Å². The molecular formula is C31H50O4. The Morgan fingerprint density at radius 1 is 0.971 bits per heavy atom. The van der Waals surface area contributed by atoms with Crippen LogP contribution in [0, 0.1) is 56.7 Å². The molecular weight excluding hydrogens is 436 g/mol. The molecule has 11 atom stereocenters. The van der Waals surface area contributed by atoms with Gasteiger partial charge in [0.1, 0.15) is 0 Å². The molecule has 4 fully saturated rings. The van der Waals surface area contributed by atoms with E-state index in [0.29, 0.717) is 30.1 Å². The highest BCUT2D eigenvalue weighted by Crippen LogP contribution is 2.75. The van der Waals surface area contributed by atoms with Gasteiger partial charge in [-0.3, -0.25) is 4.79 Å². The predicted molar refractivity (Wildman–Crippen MR) is 138 cm³/mol. The zero-order valence-corrected chi connectivity index (χ0v) is 23.5. The summed E-state index contributed by atoms with van der Waals surface area (Å²) in [7, 11) is 1.57. The van der Waals surface area contributed by atoms with Gasteiger partial charge >= 0.3 is 5.97 Å². The van der Waals surface area contributed by atoms with Crippen molar-refractivity contribution in [2.45, 2.75) is 112 Å². The number of rotatable bonds is 1. The van der Waals surface area contributed by atoms with Gasteiger partial charge in [0.15, 0.2) is 0 Å². The van der Waals surface area contributed by atoms with Crippen molar-refractivity contribution in [3.8, 4) is 0 Å². The quantitative estimate of drug-likeness (QED) is 0.345. The molecule has 0 heterocycles. The van der Waals surface area contributed by atoms with Crippen LogP contribution in [0.3, 0.4) is 0 Å². The molecule has 4 saturated carbocycles. The van der Waals surface area contributed by atoms with Crippen LogP contribution in [-0.2, 0) is 9.53 Å². The van der Waals surface area contributed by atoms with Gasteiger partial charge in [0.05, 0.1) is 24.7 Å². The summed E-state index contributed by atoms with van der Waals surface area (Å²) in [6, 6.07) is 0. The Balaban J connectivity index is 1.62. The number of esters is 1. The van der Waals surface area contributed by atoms with E-state index in [1.807, 2.05) is 0 Å². The number of ether oxygens (including phenoxy) is 1. The molecule has 5 aliphatic rings. The molecule has 5 rings (SSSR count). The number of allylic oxidation sites excluding steroid dienone is 2. The SMILES string of the molecule is COC(=O)[C@]12CC[C@@H](C)[C@H](C)C1C1=CCC3[C@@]4(C)C[C@@H](O)[C@H](O)C(C)(C)C4CC[C@@]3(C)[C@]1(C)CC2. The molecule has 0 amide bonds. The molecule has 0 aliphatic heterocycles. The van der Waals surface area contributed by atoms with Gasteiger partial charge in [0.2, 0.25) is 0 Å². The van der Waals surface area contributed by atoms with Crippen LogP contribution in [0.15, 0.2) is 11.6 Å². The lowest BCUT2D eigenvalue weighted by Crippen LogP contribution is -2.67. The van der Waals surface area contributed by atoms with Crippen LogP contribution in [0.25, 0.3) is 0 Å². The third-order valence-electron chi connectivity index (χ3n) is 13.5. The van der Waals surface area contributed by atoms with E-state index in [9.17, 15) is 15.0 Å². The summed E-state index contributed by atoms with van der Waals surface area (Å²) in [5.41, 5.74) is 1.03. The number of hydrogen-bond acceptors (Lipinski definition) is 4. The Morgan fingerprint density at radius 2 is 1.66 bits per heavy atom. The van der Waals surface area contributed by atoms with E-state index in [1.165, 1.54) is 0 Å². The Morgan fingerprint density at radius 3 is 2.31 bits per heavy atom. The number of carbonyl (C=O) groups excluding carboxylic acids is 1. The molecule has 3 unspecified atom stereocenters. The van der Waals surface area contributed by atoms with E-state index < -0.39 is 12.2 Å². The molecule has 0 bridgehead atoms. The highest BCUT2D eigenvalue weighted by Gasteiger charge is 2.70. The lowest BCUT2D eigenvalue weighted by atomic mass is 9.33. The van der Waals surface area contributed by atoms with E-state index >= 15 is 0 Å². The molecule has 0 aromatic carbocycles. The molecule has 35 heavy (non-hydrogen) atoms. The molecule has 2 N–H and O–H groups in total. The largest absolute Gasteiger partial charge is 0.469 e. The zero-order valence-electron chi connectivity index (χ0n) is 23.5. The Kier molecular flexibility index (Phi) is 5.76. The molecule has 0 saturated heterocycles. The first-order chi connectivity index (χ1) is 16.2. The van der Waals surface area contributed by atoms with Crippen molar-refractivity contribution in [3.63, 3.8) is 0 Å². The zero-order chi connectivity index (χ0) is 25.8. The number of hydrogen-bond donors (Lipinski definition) is 2. The van der Waals surface area contributed by atoms with E-state index in [1.54, 1.807) is 12.7 Å². The minimum atomic E-state index is -0.663. The predicted octanol–water partition coefficient (Wildman–Crippen LogP) is 6.15. The van der Waals surface area contributed by atoms with Crippen molar-refractivity contribution in [1.82, 2.24) is 0 Å². The maximum absolute atomic E-state index is 13.4. The average Bonchev–Trinajstić information content (AvgIpc) is 2.79. The third kappa shape index (κ3) is 3.02. The van der Waals surface area contributed by atoms with Crippen LogP contribution in [-0.4, -0.2) is 35.5 Å². The van der Waals surface area contributed by atoms with Crippen LogP contribution >= 0.6 is 0 Å². The van der Waals surface area contributed by atoms with Gasteiger partial charge in [-0.25, -0.2) is 0 Å². The second kappa shape index (κ2) is 7.82. The minimum Gasteiger partial charge on any atom is -0.469 e. The molecule has 0 spiro atoms. The van der Waals surface area contributed by atoms with E-state index in [0.717, 1.165) is 44.9 Å². The number of aliphatic hydroxyl groups is 2. The maximum atomic E-state index is 13.4. The van der Waals surface area contributed by atoms with Crippen LogP contribution < -0.4 is 0 Å². The first-order valence-electron chi connectivity index (χ1n) is 14.4. The first-order valence-corrected chi connectivity index (χ1v) is 14.4. The van der Waals surface area contributed by atoms with Gasteiger partial charge < -0.3 is 14.9 Å². The van der Waals surface area contributed by atoms with Crippen LogP contribution in [0.5, 0.6) is 0 Å². The number of carbonyl (C=O) groups is 1. The number of fused-ring (bicyclic) bond motifs is 7.